The Bertz CT molecular complexity index is 104. The zero-order valence-corrected chi connectivity index (χ0v) is 7.77. The van der Waals surface area contributed by atoms with E-state index in [9.17, 15) is 0 Å². The molecular weight excluding hydrogens is 136 g/mol. The second-order valence-electron chi connectivity index (χ2n) is 3.52. The van der Waals surface area contributed by atoms with Gasteiger partial charge in [0, 0.05) is 19.3 Å². The normalized spacial score (nSPS) is 26.2. The second kappa shape index (κ2) is 4.73. The van der Waals surface area contributed by atoms with Crippen LogP contribution in [0.1, 0.15) is 32.6 Å². The SMILES string of the molecule is CCCCCC1CNCN1C. The highest BCUT2D eigenvalue weighted by molar-refractivity contribution is 4.76. The van der Waals surface area contributed by atoms with E-state index in [1.54, 1.807) is 0 Å². The van der Waals surface area contributed by atoms with E-state index >= 15 is 0 Å². The Balaban J connectivity index is 2.05. The lowest BCUT2D eigenvalue weighted by Gasteiger charge is -2.17. The van der Waals surface area contributed by atoms with Crippen molar-refractivity contribution in [3.05, 3.63) is 0 Å². The van der Waals surface area contributed by atoms with E-state index in [2.05, 4.69) is 24.2 Å². The molecule has 0 radical (unpaired) electrons. The summed E-state index contributed by atoms with van der Waals surface area (Å²) >= 11 is 0. The number of unbranched alkanes of at least 4 members (excludes halogenated alkanes) is 2. The van der Waals surface area contributed by atoms with Crippen LogP contribution >= 0.6 is 0 Å². The number of hydrogen-bond donors (Lipinski definition) is 1. The molecule has 1 aliphatic heterocycles. The predicted octanol–water partition coefficient (Wildman–Crippen LogP) is 1.43. The summed E-state index contributed by atoms with van der Waals surface area (Å²) in [5.74, 6) is 0. The molecule has 66 valence electrons. The van der Waals surface area contributed by atoms with Crippen molar-refractivity contribution in [3.63, 3.8) is 0 Å². The summed E-state index contributed by atoms with van der Waals surface area (Å²) in [6.45, 7) is 4.54. The standard InChI is InChI=1S/C9H20N2/c1-3-4-5-6-9-7-10-8-11(9)2/h9-10H,3-8H2,1-2H3. The summed E-state index contributed by atoms with van der Waals surface area (Å²) in [6.07, 6.45) is 5.50. The van der Waals surface area contributed by atoms with E-state index in [0.717, 1.165) is 12.7 Å². The number of hydrogen-bond acceptors (Lipinski definition) is 2. The van der Waals surface area contributed by atoms with Gasteiger partial charge >= 0.3 is 0 Å². The fraction of sp³-hybridized carbons (Fsp3) is 1.00. The first-order chi connectivity index (χ1) is 5.34. The molecule has 0 spiro atoms. The van der Waals surface area contributed by atoms with Gasteiger partial charge in [-0.15, -0.1) is 0 Å². The Morgan fingerprint density at radius 1 is 1.45 bits per heavy atom. The smallest absolute Gasteiger partial charge is 0.0481 e. The molecule has 0 aliphatic carbocycles. The molecule has 2 nitrogen and oxygen atoms in total. The first kappa shape index (κ1) is 9.01. The van der Waals surface area contributed by atoms with Crippen LogP contribution in [-0.2, 0) is 0 Å². The molecule has 0 aromatic rings. The summed E-state index contributed by atoms with van der Waals surface area (Å²) in [5, 5.41) is 3.37. The van der Waals surface area contributed by atoms with Crippen LogP contribution in [0, 0.1) is 0 Å². The van der Waals surface area contributed by atoms with Crippen molar-refractivity contribution in [1.82, 2.24) is 10.2 Å². The van der Waals surface area contributed by atoms with Gasteiger partial charge in [-0.2, -0.15) is 0 Å². The lowest BCUT2D eigenvalue weighted by Crippen LogP contribution is -2.26. The van der Waals surface area contributed by atoms with Crippen molar-refractivity contribution in [3.8, 4) is 0 Å². The molecule has 0 aromatic carbocycles. The van der Waals surface area contributed by atoms with Crippen molar-refractivity contribution in [2.75, 3.05) is 20.3 Å². The fourth-order valence-corrected chi connectivity index (χ4v) is 1.64. The van der Waals surface area contributed by atoms with Crippen LogP contribution in [-0.4, -0.2) is 31.2 Å². The van der Waals surface area contributed by atoms with E-state index in [1.807, 2.05) is 0 Å². The molecule has 2 heteroatoms. The van der Waals surface area contributed by atoms with Crippen LogP contribution in [0.15, 0.2) is 0 Å². The highest BCUT2D eigenvalue weighted by atomic mass is 15.3. The highest BCUT2D eigenvalue weighted by Crippen LogP contribution is 2.10. The number of rotatable bonds is 4. The van der Waals surface area contributed by atoms with Crippen LogP contribution < -0.4 is 5.32 Å². The van der Waals surface area contributed by atoms with E-state index in [-0.39, 0.29) is 0 Å². The quantitative estimate of drug-likeness (QED) is 0.619. The van der Waals surface area contributed by atoms with Gasteiger partial charge in [-0.1, -0.05) is 26.2 Å². The van der Waals surface area contributed by atoms with Gasteiger partial charge in [-0.3, -0.25) is 4.90 Å². The molecule has 1 N–H and O–H groups in total. The van der Waals surface area contributed by atoms with Crippen molar-refractivity contribution >= 4 is 0 Å². The molecule has 11 heavy (non-hydrogen) atoms. The van der Waals surface area contributed by atoms with E-state index < -0.39 is 0 Å². The van der Waals surface area contributed by atoms with E-state index in [4.69, 9.17) is 0 Å². The van der Waals surface area contributed by atoms with Crippen molar-refractivity contribution < 1.29 is 0 Å². The van der Waals surface area contributed by atoms with Gasteiger partial charge in [0.25, 0.3) is 0 Å². The van der Waals surface area contributed by atoms with Crippen LogP contribution in [0.2, 0.25) is 0 Å². The van der Waals surface area contributed by atoms with Gasteiger partial charge in [-0.05, 0) is 13.5 Å². The average Bonchev–Trinajstić information content (AvgIpc) is 2.37. The van der Waals surface area contributed by atoms with Crippen LogP contribution in [0.25, 0.3) is 0 Å². The highest BCUT2D eigenvalue weighted by Gasteiger charge is 2.18. The van der Waals surface area contributed by atoms with Gasteiger partial charge < -0.3 is 5.32 Å². The minimum absolute atomic E-state index is 0.807. The maximum Gasteiger partial charge on any atom is 0.0481 e. The molecule has 1 fully saturated rings. The Hall–Kier alpha value is -0.0800. The first-order valence-electron chi connectivity index (χ1n) is 4.75. The maximum absolute atomic E-state index is 3.37. The van der Waals surface area contributed by atoms with Crippen molar-refractivity contribution in [2.45, 2.75) is 38.6 Å². The van der Waals surface area contributed by atoms with Gasteiger partial charge in [0.05, 0.1) is 0 Å². The van der Waals surface area contributed by atoms with Gasteiger partial charge in [0.1, 0.15) is 0 Å². The summed E-state index contributed by atoms with van der Waals surface area (Å²) in [6, 6.07) is 0.807. The van der Waals surface area contributed by atoms with Crippen molar-refractivity contribution in [2.24, 2.45) is 0 Å². The van der Waals surface area contributed by atoms with Crippen LogP contribution in [0.3, 0.4) is 0 Å². The van der Waals surface area contributed by atoms with Crippen LogP contribution in [0.5, 0.6) is 0 Å². The first-order valence-corrected chi connectivity index (χ1v) is 4.75. The average molecular weight is 156 g/mol. The molecule has 0 bridgehead atoms. The zero-order valence-electron chi connectivity index (χ0n) is 7.77. The Morgan fingerprint density at radius 3 is 2.82 bits per heavy atom. The molecule has 0 amide bonds. The second-order valence-corrected chi connectivity index (χ2v) is 3.52. The molecule has 1 unspecified atom stereocenters. The minimum atomic E-state index is 0.807. The Morgan fingerprint density at radius 2 is 2.27 bits per heavy atom. The van der Waals surface area contributed by atoms with Gasteiger partial charge in [-0.25, -0.2) is 0 Å². The third-order valence-corrected chi connectivity index (χ3v) is 2.51. The predicted molar refractivity (Wildman–Crippen MR) is 48.6 cm³/mol. The summed E-state index contributed by atoms with van der Waals surface area (Å²) < 4.78 is 0. The topological polar surface area (TPSA) is 15.3 Å². The molecule has 1 atom stereocenters. The fourth-order valence-electron chi connectivity index (χ4n) is 1.64. The number of nitrogens with one attached hydrogen (secondary N) is 1. The lowest BCUT2D eigenvalue weighted by atomic mass is 10.1. The zero-order chi connectivity index (χ0) is 8.10. The summed E-state index contributed by atoms with van der Waals surface area (Å²) in [4.78, 5) is 2.41. The van der Waals surface area contributed by atoms with E-state index in [0.29, 0.717) is 0 Å². The summed E-state index contributed by atoms with van der Waals surface area (Å²) in [5.41, 5.74) is 0. The lowest BCUT2D eigenvalue weighted by molar-refractivity contribution is 0.296. The van der Waals surface area contributed by atoms with Gasteiger partial charge in [0.15, 0.2) is 0 Å². The van der Waals surface area contributed by atoms with Crippen LogP contribution in [0.4, 0.5) is 0 Å². The third-order valence-electron chi connectivity index (χ3n) is 2.51. The molecular formula is C9H20N2. The number of likely N-dealkylation sites (N-methyl/N-ethyl adjacent to an activating group) is 1. The molecule has 1 heterocycles. The molecule has 1 saturated heterocycles. The maximum atomic E-state index is 3.37. The third kappa shape index (κ3) is 2.80. The molecule has 1 aliphatic rings. The van der Waals surface area contributed by atoms with E-state index in [1.165, 1.54) is 32.2 Å². The summed E-state index contributed by atoms with van der Waals surface area (Å²) in [7, 11) is 2.20. The Kier molecular flexibility index (Phi) is 3.87. The minimum Gasteiger partial charge on any atom is -0.303 e. The largest absolute Gasteiger partial charge is 0.303 e. The van der Waals surface area contributed by atoms with Crippen molar-refractivity contribution in [1.29, 1.82) is 0 Å². The molecule has 0 saturated carbocycles. The number of nitrogens with zero attached hydrogens (tertiary/aromatic N) is 1. The Labute approximate surface area is 70.0 Å². The monoisotopic (exact) mass is 156 g/mol. The van der Waals surface area contributed by atoms with Gasteiger partial charge in [0.2, 0.25) is 0 Å². The molecule has 0 aromatic heterocycles. The molecule has 1 rings (SSSR count).